The molecule has 2 fully saturated rings. The molecule has 0 unspecified atom stereocenters. The van der Waals surface area contributed by atoms with E-state index in [1.54, 1.807) is 6.08 Å². The number of anilines is 2. The first kappa shape index (κ1) is 54.2. The number of benzene rings is 4. The molecule has 0 bridgehead atoms. The fourth-order valence-corrected chi connectivity index (χ4v) is 8.29. The van der Waals surface area contributed by atoms with E-state index in [4.69, 9.17) is 14.9 Å². The van der Waals surface area contributed by atoms with Gasteiger partial charge in [0.15, 0.2) is 0 Å². The molecular formula is C54H69BrN4O8. The van der Waals surface area contributed by atoms with Gasteiger partial charge in [-0.1, -0.05) is 109 Å². The van der Waals surface area contributed by atoms with E-state index in [0.29, 0.717) is 18.9 Å². The van der Waals surface area contributed by atoms with Crippen LogP contribution in [0.1, 0.15) is 69.1 Å². The molecule has 2 heterocycles. The van der Waals surface area contributed by atoms with Crippen LogP contribution < -0.4 is 9.80 Å². The van der Waals surface area contributed by atoms with E-state index < -0.39 is 11.9 Å². The molecule has 12 nitrogen and oxygen atoms in total. The van der Waals surface area contributed by atoms with Crippen LogP contribution in [-0.2, 0) is 41.5 Å². The second-order valence-corrected chi connectivity index (χ2v) is 17.2. The van der Waals surface area contributed by atoms with Crippen molar-refractivity contribution in [1.82, 2.24) is 9.80 Å². The van der Waals surface area contributed by atoms with E-state index in [1.165, 1.54) is 17.2 Å². The van der Waals surface area contributed by atoms with Gasteiger partial charge in [-0.15, -0.1) is 0 Å². The van der Waals surface area contributed by atoms with Crippen LogP contribution in [0.3, 0.4) is 0 Å². The average molecular weight is 982 g/mol. The van der Waals surface area contributed by atoms with Crippen LogP contribution in [-0.4, -0.2) is 122 Å². The molecule has 0 aliphatic carbocycles. The molecule has 2 amide bonds. The Balaban J connectivity index is 0.000000256. The van der Waals surface area contributed by atoms with E-state index in [9.17, 15) is 19.2 Å². The van der Waals surface area contributed by atoms with Crippen molar-refractivity contribution >= 4 is 57.1 Å². The predicted octanol–water partition coefficient (Wildman–Crippen LogP) is 8.29. The van der Waals surface area contributed by atoms with Gasteiger partial charge in [-0.3, -0.25) is 9.59 Å². The van der Waals surface area contributed by atoms with Gasteiger partial charge in [0.05, 0.1) is 13.2 Å². The summed E-state index contributed by atoms with van der Waals surface area (Å²) in [5.74, 6) is -0.540. The molecule has 0 radical (unpaired) electrons. The van der Waals surface area contributed by atoms with Crippen LogP contribution >= 0.6 is 15.9 Å². The summed E-state index contributed by atoms with van der Waals surface area (Å²) in [5, 5.41) is 16.8. The van der Waals surface area contributed by atoms with Gasteiger partial charge in [-0.25, -0.2) is 9.59 Å². The zero-order valence-corrected chi connectivity index (χ0v) is 40.8. The number of esters is 2. The van der Waals surface area contributed by atoms with Gasteiger partial charge in [0.2, 0.25) is 11.8 Å². The molecule has 2 N–H and O–H groups in total. The van der Waals surface area contributed by atoms with Gasteiger partial charge in [0, 0.05) is 92.2 Å². The molecule has 0 aromatic heterocycles. The zero-order valence-electron chi connectivity index (χ0n) is 39.2. The van der Waals surface area contributed by atoms with Crippen molar-refractivity contribution in [1.29, 1.82) is 0 Å². The second-order valence-electron chi connectivity index (χ2n) is 16.2. The normalized spacial score (nSPS) is 14.5. The molecule has 4 aromatic rings. The number of amides is 2. The summed E-state index contributed by atoms with van der Waals surface area (Å²) in [6.45, 7) is 12.9. The SMILES string of the molecule is C=CC(=O)OCCO.CCC(=O)N(c1ccccc1)C1CCN(CCc2ccc(/C=C/C(=O)OCCO)cc2)CC1.CCC(=O)N(c1ccccc1)C1CCN(CCc2ccc(Br)cc2)CC1. The van der Waals surface area contributed by atoms with Crippen LogP contribution in [0.4, 0.5) is 11.4 Å². The number of hydrogen-bond acceptors (Lipinski definition) is 10. The van der Waals surface area contributed by atoms with Gasteiger partial charge in [-0.05, 0) is 97.7 Å². The highest BCUT2D eigenvalue weighted by molar-refractivity contribution is 9.10. The number of carbonyl (C=O) groups is 4. The van der Waals surface area contributed by atoms with Crippen LogP contribution in [0.15, 0.2) is 132 Å². The number of para-hydroxylation sites is 2. The van der Waals surface area contributed by atoms with Crippen molar-refractivity contribution in [2.45, 2.75) is 77.3 Å². The van der Waals surface area contributed by atoms with Gasteiger partial charge < -0.3 is 39.3 Å². The van der Waals surface area contributed by atoms with Crippen LogP contribution in [0.5, 0.6) is 0 Å². The minimum Gasteiger partial charge on any atom is -0.460 e. The Morgan fingerprint density at radius 1 is 0.627 bits per heavy atom. The Kier molecular flexibility index (Phi) is 24.9. The quantitative estimate of drug-likeness (QED) is 0.0697. The summed E-state index contributed by atoms with van der Waals surface area (Å²) < 4.78 is 10.3. The third-order valence-corrected chi connectivity index (χ3v) is 12.2. The summed E-state index contributed by atoms with van der Waals surface area (Å²) in [6.07, 6.45) is 11.3. The maximum atomic E-state index is 12.6. The number of aliphatic hydroxyl groups excluding tert-OH is 2. The molecule has 67 heavy (non-hydrogen) atoms. The first-order chi connectivity index (χ1) is 32.6. The van der Waals surface area contributed by atoms with Crippen molar-refractivity contribution in [3.63, 3.8) is 0 Å². The lowest BCUT2D eigenvalue weighted by Gasteiger charge is -2.38. The molecule has 0 saturated carbocycles. The Hall–Kier alpha value is -5.44. The number of halogens is 1. The summed E-state index contributed by atoms with van der Waals surface area (Å²) in [7, 11) is 0. The average Bonchev–Trinajstić information content (AvgIpc) is 3.38. The highest BCUT2D eigenvalue weighted by Gasteiger charge is 2.29. The monoisotopic (exact) mass is 980 g/mol. The Labute approximate surface area is 406 Å². The molecule has 2 aliphatic heterocycles. The number of hydrogen-bond donors (Lipinski definition) is 2. The topological polar surface area (TPSA) is 140 Å². The van der Waals surface area contributed by atoms with Crippen LogP contribution in [0.2, 0.25) is 0 Å². The van der Waals surface area contributed by atoms with Gasteiger partial charge in [0.1, 0.15) is 13.2 Å². The fourth-order valence-electron chi connectivity index (χ4n) is 8.02. The van der Waals surface area contributed by atoms with Crippen LogP contribution in [0.25, 0.3) is 6.08 Å². The highest BCUT2D eigenvalue weighted by Crippen LogP contribution is 2.26. The standard InChI is InChI=1S/C27H34N2O4.C22H27BrN2O.C5H8O3/c1-2-26(31)29(24-6-4-3-5-7-24)25-15-18-28(19-16-25)17-14-23-10-8-22(9-11-23)12-13-27(32)33-21-20-30;1-2-22(26)25(20-6-4-3-5-7-20)21-13-16-24(17-14-21)15-12-18-8-10-19(23)11-9-18;1-2-5(7)8-4-3-6/h3-13,25,30H,2,14-21H2,1H3;3-11,21H,2,12-17H2,1H3;2,6H,1,3-4H2/b13-12+;;. The van der Waals surface area contributed by atoms with Crippen molar-refractivity contribution < 1.29 is 38.9 Å². The molecule has 360 valence electrons. The first-order valence-electron chi connectivity index (χ1n) is 23.5. The third kappa shape index (κ3) is 19.4. The number of nitrogens with zero attached hydrogens (tertiary/aromatic N) is 4. The molecule has 4 aromatic carbocycles. The lowest BCUT2D eigenvalue weighted by molar-refractivity contribution is -0.139. The Morgan fingerprint density at radius 3 is 1.42 bits per heavy atom. The highest BCUT2D eigenvalue weighted by atomic mass is 79.9. The van der Waals surface area contributed by atoms with E-state index in [0.717, 1.165) is 105 Å². The number of likely N-dealkylation sites (tertiary alicyclic amines) is 2. The molecule has 0 atom stereocenters. The lowest BCUT2D eigenvalue weighted by atomic mass is 10.0. The van der Waals surface area contributed by atoms with Gasteiger partial charge >= 0.3 is 11.9 Å². The van der Waals surface area contributed by atoms with E-state index >= 15 is 0 Å². The summed E-state index contributed by atoms with van der Waals surface area (Å²) in [6, 6.07) is 37.5. The summed E-state index contributed by atoms with van der Waals surface area (Å²) in [4.78, 5) is 55.8. The number of piperidine rings is 2. The predicted molar refractivity (Wildman–Crippen MR) is 271 cm³/mol. The molecule has 13 heteroatoms. The molecule has 2 saturated heterocycles. The van der Waals surface area contributed by atoms with Crippen molar-refractivity contribution in [2.24, 2.45) is 0 Å². The summed E-state index contributed by atoms with van der Waals surface area (Å²) >= 11 is 3.49. The molecule has 6 rings (SSSR count). The van der Waals surface area contributed by atoms with Gasteiger partial charge in [0.25, 0.3) is 0 Å². The van der Waals surface area contributed by atoms with Gasteiger partial charge in [-0.2, -0.15) is 0 Å². The minimum absolute atomic E-state index is 0.0125. The maximum absolute atomic E-state index is 12.6. The van der Waals surface area contributed by atoms with Crippen LogP contribution in [0, 0.1) is 0 Å². The van der Waals surface area contributed by atoms with E-state index in [-0.39, 0.29) is 44.3 Å². The number of aliphatic hydroxyl groups is 2. The van der Waals surface area contributed by atoms with E-state index in [1.807, 2.05) is 96.4 Å². The molecule has 0 spiro atoms. The van der Waals surface area contributed by atoms with Crippen molar-refractivity contribution in [3.8, 4) is 0 Å². The third-order valence-electron chi connectivity index (χ3n) is 11.6. The Morgan fingerprint density at radius 2 is 1.03 bits per heavy atom. The minimum atomic E-state index is -0.501. The first-order valence-corrected chi connectivity index (χ1v) is 24.3. The second kappa shape index (κ2) is 30.8. The maximum Gasteiger partial charge on any atom is 0.330 e. The fraction of sp³-hybridized carbons (Fsp3) is 0.407. The zero-order chi connectivity index (χ0) is 48.2. The summed E-state index contributed by atoms with van der Waals surface area (Å²) in [5.41, 5.74) is 5.60. The lowest BCUT2D eigenvalue weighted by Crippen LogP contribution is -2.47. The number of ether oxygens (including phenoxy) is 2. The smallest absolute Gasteiger partial charge is 0.330 e. The number of rotatable bonds is 19. The molecular weight excluding hydrogens is 913 g/mol. The Bertz CT molecular complexity index is 2090. The number of carbonyl (C=O) groups excluding carboxylic acids is 4. The van der Waals surface area contributed by atoms with Crippen molar-refractivity contribution in [3.05, 3.63) is 149 Å². The van der Waals surface area contributed by atoms with Crippen molar-refractivity contribution in [2.75, 3.05) is 75.5 Å². The van der Waals surface area contributed by atoms with E-state index in [2.05, 4.69) is 73.4 Å². The molecule has 2 aliphatic rings. The largest absolute Gasteiger partial charge is 0.460 e.